The number of aromatic nitrogens is 2. The van der Waals surface area contributed by atoms with Crippen molar-refractivity contribution in [1.29, 1.82) is 0 Å². The van der Waals surface area contributed by atoms with Gasteiger partial charge >= 0.3 is 0 Å². The van der Waals surface area contributed by atoms with Gasteiger partial charge in [-0.25, -0.2) is 4.98 Å². The van der Waals surface area contributed by atoms with Crippen molar-refractivity contribution >= 4 is 0 Å². The van der Waals surface area contributed by atoms with Gasteiger partial charge in [-0.05, 0) is 30.7 Å². The maximum atomic E-state index is 6.39. The quantitative estimate of drug-likeness (QED) is 0.864. The van der Waals surface area contributed by atoms with Crippen LogP contribution >= 0.6 is 0 Å². The molecule has 3 heteroatoms. The number of benzene rings is 1. The Bertz CT molecular complexity index is 571. The summed E-state index contributed by atoms with van der Waals surface area (Å²) in [5.74, 6) is 0.705. The third kappa shape index (κ3) is 2.83. The average Bonchev–Trinajstić information content (AvgIpc) is 2.96. The summed E-state index contributed by atoms with van der Waals surface area (Å²) in [6.07, 6.45) is 12.0. The fourth-order valence-electron chi connectivity index (χ4n) is 2.87. The number of imidazole rings is 1. The lowest BCUT2D eigenvalue weighted by atomic mass is 9.94. The van der Waals surface area contributed by atoms with Crippen LogP contribution in [0, 0.1) is 5.92 Å². The summed E-state index contributed by atoms with van der Waals surface area (Å²) < 4.78 is 2.22. The SMILES string of the molecule is NC(c1ccccc1)c1cncn1CC1CC=CCC1. The van der Waals surface area contributed by atoms with Crippen molar-refractivity contribution < 1.29 is 0 Å². The first kappa shape index (κ1) is 13.1. The van der Waals surface area contributed by atoms with E-state index in [1.165, 1.54) is 12.8 Å². The number of hydrogen-bond acceptors (Lipinski definition) is 2. The lowest BCUT2D eigenvalue weighted by molar-refractivity contribution is 0.402. The topological polar surface area (TPSA) is 43.8 Å². The fourth-order valence-corrected chi connectivity index (χ4v) is 2.87. The number of nitrogens with two attached hydrogens (primary N) is 1. The lowest BCUT2D eigenvalue weighted by Gasteiger charge is -2.21. The molecule has 2 unspecified atom stereocenters. The van der Waals surface area contributed by atoms with Crippen LogP contribution in [0.5, 0.6) is 0 Å². The van der Waals surface area contributed by atoms with Crippen molar-refractivity contribution in [2.75, 3.05) is 0 Å². The molecule has 1 aliphatic rings. The van der Waals surface area contributed by atoms with Gasteiger partial charge < -0.3 is 10.3 Å². The molecule has 0 spiro atoms. The fraction of sp³-hybridized carbons (Fsp3) is 0.353. The molecule has 0 bridgehead atoms. The smallest absolute Gasteiger partial charge is 0.0948 e. The van der Waals surface area contributed by atoms with E-state index >= 15 is 0 Å². The van der Waals surface area contributed by atoms with E-state index in [0.29, 0.717) is 5.92 Å². The zero-order valence-electron chi connectivity index (χ0n) is 11.7. The molecule has 2 atom stereocenters. The number of nitrogens with zero attached hydrogens (tertiary/aromatic N) is 2. The zero-order valence-corrected chi connectivity index (χ0v) is 11.7. The first-order valence-corrected chi connectivity index (χ1v) is 7.30. The Balaban J connectivity index is 1.77. The van der Waals surface area contributed by atoms with Gasteiger partial charge in [0.15, 0.2) is 0 Å². The van der Waals surface area contributed by atoms with Gasteiger partial charge in [0.2, 0.25) is 0 Å². The summed E-state index contributed by atoms with van der Waals surface area (Å²) in [7, 11) is 0. The van der Waals surface area contributed by atoms with Crippen molar-refractivity contribution in [2.24, 2.45) is 11.7 Å². The van der Waals surface area contributed by atoms with Crippen molar-refractivity contribution in [1.82, 2.24) is 9.55 Å². The van der Waals surface area contributed by atoms with E-state index in [1.807, 2.05) is 30.7 Å². The van der Waals surface area contributed by atoms with E-state index in [9.17, 15) is 0 Å². The molecule has 3 rings (SSSR count). The number of hydrogen-bond donors (Lipinski definition) is 1. The van der Waals surface area contributed by atoms with Crippen LogP contribution in [-0.4, -0.2) is 9.55 Å². The monoisotopic (exact) mass is 267 g/mol. The third-order valence-electron chi connectivity index (χ3n) is 4.05. The van der Waals surface area contributed by atoms with Gasteiger partial charge in [0, 0.05) is 6.54 Å². The first-order valence-electron chi connectivity index (χ1n) is 7.30. The van der Waals surface area contributed by atoms with Crippen LogP contribution in [-0.2, 0) is 6.54 Å². The minimum atomic E-state index is -0.0992. The Morgan fingerprint density at radius 2 is 2.10 bits per heavy atom. The molecule has 0 saturated heterocycles. The van der Waals surface area contributed by atoms with Gasteiger partial charge in [0.05, 0.1) is 24.3 Å². The summed E-state index contributed by atoms with van der Waals surface area (Å²) in [4.78, 5) is 4.30. The molecule has 0 saturated carbocycles. The highest BCUT2D eigenvalue weighted by Gasteiger charge is 2.17. The molecule has 20 heavy (non-hydrogen) atoms. The van der Waals surface area contributed by atoms with Crippen molar-refractivity contribution in [3.05, 3.63) is 66.3 Å². The van der Waals surface area contributed by atoms with Crippen molar-refractivity contribution in [3.63, 3.8) is 0 Å². The van der Waals surface area contributed by atoms with Crippen molar-refractivity contribution in [3.8, 4) is 0 Å². The number of allylic oxidation sites excluding steroid dienone is 2. The predicted octanol–water partition coefficient (Wildman–Crippen LogP) is 3.29. The van der Waals surface area contributed by atoms with Gasteiger partial charge in [-0.2, -0.15) is 0 Å². The van der Waals surface area contributed by atoms with Crippen LogP contribution in [0.15, 0.2) is 55.0 Å². The van der Waals surface area contributed by atoms with E-state index in [1.54, 1.807) is 0 Å². The van der Waals surface area contributed by atoms with E-state index in [0.717, 1.165) is 24.2 Å². The predicted molar refractivity (Wildman–Crippen MR) is 81.2 cm³/mol. The maximum absolute atomic E-state index is 6.39. The molecule has 3 nitrogen and oxygen atoms in total. The molecule has 104 valence electrons. The minimum Gasteiger partial charge on any atom is -0.333 e. The zero-order chi connectivity index (χ0) is 13.8. The number of rotatable bonds is 4. The molecule has 2 N–H and O–H groups in total. The highest BCUT2D eigenvalue weighted by molar-refractivity contribution is 5.26. The summed E-state index contributed by atoms with van der Waals surface area (Å²) in [6.45, 7) is 1.01. The van der Waals surface area contributed by atoms with Crippen LogP contribution in [0.4, 0.5) is 0 Å². The Labute approximate surface area is 120 Å². The second kappa shape index (κ2) is 6.06. The van der Waals surface area contributed by atoms with Gasteiger partial charge in [-0.3, -0.25) is 0 Å². The van der Waals surface area contributed by atoms with Crippen LogP contribution in [0.2, 0.25) is 0 Å². The van der Waals surface area contributed by atoms with E-state index in [-0.39, 0.29) is 6.04 Å². The Hall–Kier alpha value is -1.87. The van der Waals surface area contributed by atoms with E-state index in [2.05, 4.69) is 33.8 Å². The normalized spacial score (nSPS) is 19.9. The second-order valence-corrected chi connectivity index (χ2v) is 5.51. The Morgan fingerprint density at radius 1 is 1.25 bits per heavy atom. The molecule has 0 fully saturated rings. The molecule has 1 heterocycles. The molecule has 1 aliphatic carbocycles. The van der Waals surface area contributed by atoms with Crippen LogP contribution in [0.3, 0.4) is 0 Å². The largest absolute Gasteiger partial charge is 0.333 e. The van der Waals surface area contributed by atoms with Crippen LogP contribution < -0.4 is 5.73 Å². The van der Waals surface area contributed by atoms with Gasteiger partial charge in [-0.1, -0.05) is 42.5 Å². The van der Waals surface area contributed by atoms with Gasteiger partial charge in [-0.15, -0.1) is 0 Å². The minimum absolute atomic E-state index is 0.0992. The van der Waals surface area contributed by atoms with Gasteiger partial charge in [0.1, 0.15) is 0 Å². The van der Waals surface area contributed by atoms with E-state index < -0.39 is 0 Å². The lowest BCUT2D eigenvalue weighted by Crippen LogP contribution is -2.19. The summed E-state index contributed by atoms with van der Waals surface area (Å²) in [5.41, 5.74) is 8.63. The standard InChI is InChI=1S/C17H21N3/c18-17(15-9-5-2-6-10-15)16-11-19-13-20(16)12-14-7-3-1-4-8-14/h1-3,5-6,9-11,13-14,17H,4,7-8,12,18H2. The highest BCUT2D eigenvalue weighted by Crippen LogP contribution is 2.24. The molecule has 0 aliphatic heterocycles. The molecule has 2 aromatic rings. The van der Waals surface area contributed by atoms with Crippen molar-refractivity contribution in [2.45, 2.75) is 31.8 Å². The van der Waals surface area contributed by atoms with Crippen LogP contribution in [0.1, 0.15) is 36.6 Å². The summed E-state index contributed by atoms with van der Waals surface area (Å²) >= 11 is 0. The summed E-state index contributed by atoms with van der Waals surface area (Å²) in [6, 6.07) is 10.1. The molecular formula is C17H21N3. The molecular weight excluding hydrogens is 246 g/mol. The second-order valence-electron chi connectivity index (χ2n) is 5.51. The van der Waals surface area contributed by atoms with E-state index in [4.69, 9.17) is 5.73 Å². The third-order valence-corrected chi connectivity index (χ3v) is 4.05. The molecule has 1 aromatic heterocycles. The van der Waals surface area contributed by atoms with Crippen LogP contribution in [0.25, 0.3) is 0 Å². The Morgan fingerprint density at radius 3 is 2.85 bits per heavy atom. The molecule has 1 aromatic carbocycles. The summed E-state index contributed by atoms with van der Waals surface area (Å²) in [5, 5.41) is 0. The average molecular weight is 267 g/mol. The molecule has 0 radical (unpaired) electrons. The highest BCUT2D eigenvalue weighted by atomic mass is 15.1. The maximum Gasteiger partial charge on any atom is 0.0948 e. The Kier molecular flexibility index (Phi) is 3.97. The first-order chi connectivity index (χ1) is 9.84. The van der Waals surface area contributed by atoms with Gasteiger partial charge in [0.25, 0.3) is 0 Å². The molecule has 0 amide bonds.